The molecular formula is C11H14BrNO6S. The first-order valence-corrected chi connectivity index (χ1v) is 7.67. The highest BCUT2D eigenvalue weighted by Crippen LogP contribution is 2.27. The summed E-state index contributed by atoms with van der Waals surface area (Å²) in [5.74, 6) is -1.20. The molecule has 0 bridgehead atoms. The smallest absolute Gasteiger partial charge is 0.336 e. The molecule has 1 aromatic carbocycles. The third-order valence-electron chi connectivity index (χ3n) is 2.50. The van der Waals surface area contributed by atoms with Crippen molar-refractivity contribution in [1.82, 2.24) is 4.72 Å². The van der Waals surface area contributed by atoms with Crippen molar-refractivity contribution >= 4 is 31.9 Å². The van der Waals surface area contributed by atoms with Crippen LogP contribution in [0, 0.1) is 0 Å². The zero-order chi connectivity index (χ0) is 15.6. The minimum absolute atomic E-state index is 0.0984. The van der Waals surface area contributed by atoms with Gasteiger partial charge in [0, 0.05) is 6.07 Å². The van der Waals surface area contributed by atoms with E-state index in [1.165, 1.54) is 25.3 Å². The Hall–Kier alpha value is -1.16. The van der Waals surface area contributed by atoms with E-state index in [1.807, 2.05) is 4.72 Å². The lowest BCUT2D eigenvalue weighted by atomic mass is 10.1. The summed E-state index contributed by atoms with van der Waals surface area (Å²) in [7, 11) is -2.56. The van der Waals surface area contributed by atoms with E-state index >= 15 is 0 Å². The molecule has 1 atom stereocenters. The van der Waals surface area contributed by atoms with Crippen molar-refractivity contribution in [1.29, 1.82) is 0 Å². The predicted molar refractivity (Wildman–Crippen MR) is 74.1 cm³/mol. The largest absolute Gasteiger partial charge is 0.496 e. The van der Waals surface area contributed by atoms with Gasteiger partial charge in [-0.1, -0.05) is 0 Å². The Morgan fingerprint density at radius 2 is 2.10 bits per heavy atom. The van der Waals surface area contributed by atoms with Crippen LogP contribution in [0.2, 0.25) is 0 Å². The van der Waals surface area contributed by atoms with Gasteiger partial charge in [0.05, 0.1) is 23.0 Å². The van der Waals surface area contributed by atoms with Crippen molar-refractivity contribution in [2.45, 2.75) is 17.4 Å². The number of ether oxygens (including phenoxy) is 1. The number of methoxy groups -OCH3 is 1. The fourth-order valence-electron chi connectivity index (χ4n) is 1.20. The molecule has 0 spiro atoms. The summed E-state index contributed by atoms with van der Waals surface area (Å²) in [5.41, 5.74) is -2.19. The van der Waals surface area contributed by atoms with Crippen LogP contribution in [0.5, 0.6) is 5.75 Å². The second kappa shape index (κ2) is 6.08. The average Bonchev–Trinajstić information content (AvgIpc) is 2.37. The van der Waals surface area contributed by atoms with Crippen molar-refractivity contribution in [3.63, 3.8) is 0 Å². The van der Waals surface area contributed by atoms with Crippen LogP contribution >= 0.6 is 15.9 Å². The third-order valence-corrected chi connectivity index (χ3v) is 4.55. The molecule has 0 amide bonds. The van der Waals surface area contributed by atoms with Crippen LogP contribution in [-0.2, 0) is 14.8 Å². The van der Waals surface area contributed by atoms with Crippen LogP contribution in [0.4, 0.5) is 0 Å². The predicted octanol–water partition coefficient (Wildman–Crippen LogP) is 0.572. The van der Waals surface area contributed by atoms with Gasteiger partial charge in [0.1, 0.15) is 5.75 Å². The van der Waals surface area contributed by atoms with Gasteiger partial charge in [0.25, 0.3) is 0 Å². The van der Waals surface area contributed by atoms with Crippen LogP contribution in [0.1, 0.15) is 6.92 Å². The summed E-state index contributed by atoms with van der Waals surface area (Å²) in [4.78, 5) is 10.6. The average molecular weight is 368 g/mol. The maximum atomic E-state index is 12.0. The van der Waals surface area contributed by atoms with Crippen molar-refractivity contribution in [3.05, 3.63) is 22.7 Å². The summed E-state index contributed by atoms with van der Waals surface area (Å²) in [5, 5.41) is 18.2. The molecule has 0 aliphatic rings. The molecule has 0 aromatic heterocycles. The number of carboxylic acids is 1. The second-order valence-electron chi connectivity index (χ2n) is 4.20. The lowest BCUT2D eigenvalue weighted by Crippen LogP contribution is -2.46. The Morgan fingerprint density at radius 1 is 1.50 bits per heavy atom. The number of hydrogen-bond donors (Lipinski definition) is 3. The molecule has 0 aliphatic heterocycles. The number of carboxylic acid groups (broad SMARTS) is 1. The number of benzene rings is 1. The summed E-state index contributed by atoms with van der Waals surface area (Å²) < 4.78 is 31.6. The highest BCUT2D eigenvalue weighted by atomic mass is 79.9. The highest BCUT2D eigenvalue weighted by molar-refractivity contribution is 9.10. The van der Waals surface area contributed by atoms with Gasteiger partial charge in [0.15, 0.2) is 5.60 Å². The number of carbonyl (C=O) groups is 1. The number of rotatable bonds is 6. The molecule has 0 radical (unpaired) electrons. The molecule has 9 heteroatoms. The van der Waals surface area contributed by atoms with Gasteiger partial charge < -0.3 is 14.9 Å². The Labute approximate surface area is 124 Å². The molecule has 1 unspecified atom stereocenters. The Balaban J connectivity index is 2.98. The van der Waals surface area contributed by atoms with Crippen molar-refractivity contribution in [3.8, 4) is 5.75 Å². The fourth-order valence-corrected chi connectivity index (χ4v) is 2.76. The molecule has 20 heavy (non-hydrogen) atoms. The maximum absolute atomic E-state index is 12.0. The first kappa shape index (κ1) is 16.9. The summed E-state index contributed by atoms with van der Waals surface area (Å²) in [6.07, 6.45) is 0. The molecule has 0 aliphatic carbocycles. The van der Waals surface area contributed by atoms with Gasteiger partial charge in [-0.15, -0.1) is 0 Å². The lowest BCUT2D eigenvalue weighted by molar-refractivity contribution is -0.155. The van der Waals surface area contributed by atoms with E-state index in [-0.39, 0.29) is 4.90 Å². The molecule has 0 heterocycles. The standard InChI is InChI=1S/C11H14BrNO6S/c1-11(16,10(14)15)6-13-20(17,18)7-3-4-8(12)9(5-7)19-2/h3-5,13,16H,6H2,1-2H3,(H,14,15). The van der Waals surface area contributed by atoms with E-state index in [4.69, 9.17) is 9.84 Å². The number of sulfonamides is 1. The highest BCUT2D eigenvalue weighted by Gasteiger charge is 2.31. The molecule has 0 fully saturated rings. The first-order valence-electron chi connectivity index (χ1n) is 5.39. The first-order chi connectivity index (χ1) is 9.10. The SMILES string of the molecule is COc1cc(S(=O)(=O)NCC(C)(O)C(=O)O)ccc1Br. The van der Waals surface area contributed by atoms with Crippen molar-refractivity contribution in [2.75, 3.05) is 13.7 Å². The van der Waals surface area contributed by atoms with Gasteiger partial charge in [-0.3, -0.25) is 0 Å². The number of aliphatic hydroxyl groups is 1. The van der Waals surface area contributed by atoms with E-state index in [9.17, 15) is 18.3 Å². The minimum atomic E-state index is -3.95. The fraction of sp³-hybridized carbons (Fsp3) is 0.364. The van der Waals surface area contributed by atoms with Crippen molar-refractivity contribution < 1.29 is 28.2 Å². The molecule has 1 rings (SSSR count). The molecule has 1 aromatic rings. The maximum Gasteiger partial charge on any atom is 0.336 e. The topological polar surface area (TPSA) is 113 Å². The van der Waals surface area contributed by atoms with E-state index < -0.39 is 28.1 Å². The quantitative estimate of drug-likeness (QED) is 0.677. The van der Waals surface area contributed by atoms with Gasteiger partial charge in [-0.2, -0.15) is 0 Å². The van der Waals surface area contributed by atoms with Crippen LogP contribution in [0.3, 0.4) is 0 Å². The van der Waals surface area contributed by atoms with Gasteiger partial charge >= 0.3 is 5.97 Å². The monoisotopic (exact) mass is 367 g/mol. The zero-order valence-electron chi connectivity index (χ0n) is 10.8. The van der Waals surface area contributed by atoms with Gasteiger partial charge in [-0.25, -0.2) is 17.9 Å². The molecule has 3 N–H and O–H groups in total. The Bertz CT molecular complexity index is 613. The van der Waals surface area contributed by atoms with E-state index in [1.54, 1.807) is 0 Å². The van der Waals surface area contributed by atoms with E-state index in [2.05, 4.69) is 15.9 Å². The number of halogens is 1. The van der Waals surface area contributed by atoms with E-state index in [0.717, 1.165) is 6.92 Å². The lowest BCUT2D eigenvalue weighted by Gasteiger charge is -2.18. The van der Waals surface area contributed by atoms with Crippen LogP contribution < -0.4 is 9.46 Å². The third kappa shape index (κ3) is 3.92. The second-order valence-corrected chi connectivity index (χ2v) is 6.82. The Morgan fingerprint density at radius 3 is 2.60 bits per heavy atom. The molecular weight excluding hydrogens is 354 g/mol. The summed E-state index contributed by atoms with van der Waals surface area (Å²) >= 11 is 3.19. The summed E-state index contributed by atoms with van der Waals surface area (Å²) in [6.45, 7) is 0.350. The summed E-state index contributed by atoms with van der Waals surface area (Å²) in [6, 6.07) is 4.09. The van der Waals surface area contributed by atoms with E-state index in [0.29, 0.717) is 10.2 Å². The molecule has 0 saturated carbocycles. The van der Waals surface area contributed by atoms with Crippen LogP contribution in [-0.4, -0.2) is 43.9 Å². The number of hydrogen-bond acceptors (Lipinski definition) is 5. The normalized spacial score (nSPS) is 14.6. The zero-order valence-corrected chi connectivity index (χ0v) is 13.2. The Kier molecular flexibility index (Phi) is 5.14. The minimum Gasteiger partial charge on any atom is -0.496 e. The van der Waals surface area contributed by atoms with Crippen molar-refractivity contribution in [2.24, 2.45) is 0 Å². The van der Waals surface area contributed by atoms with Gasteiger partial charge in [-0.05, 0) is 35.0 Å². The van der Waals surface area contributed by atoms with Gasteiger partial charge in [0.2, 0.25) is 10.0 Å². The number of nitrogens with one attached hydrogen (secondary N) is 1. The number of aliphatic carboxylic acids is 1. The molecule has 7 nitrogen and oxygen atoms in total. The molecule has 112 valence electrons. The van der Waals surface area contributed by atoms with Crippen LogP contribution in [0.25, 0.3) is 0 Å². The molecule has 0 saturated heterocycles. The van der Waals surface area contributed by atoms with Crippen LogP contribution in [0.15, 0.2) is 27.6 Å².